The van der Waals surface area contributed by atoms with Crippen molar-refractivity contribution in [1.29, 1.82) is 0 Å². The highest BCUT2D eigenvalue weighted by molar-refractivity contribution is 8.00. The molecule has 0 bridgehead atoms. The lowest BCUT2D eigenvalue weighted by atomic mass is 10.2. The molecule has 0 rings (SSSR count). The Morgan fingerprint density at radius 3 is 2.27 bits per heavy atom. The second-order valence-electron chi connectivity index (χ2n) is 3.24. The third-order valence-electron chi connectivity index (χ3n) is 1.41. The number of carbonyl (C=O) groups is 1. The molecule has 0 fully saturated rings. The SMILES string of the molecule is CC(=O)CCC(C)SC(C)C. The number of hydrogen-bond acceptors (Lipinski definition) is 2. The van der Waals surface area contributed by atoms with Gasteiger partial charge in [-0.1, -0.05) is 20.8 Å². The van der Waals surface area contributed by atoms with Gasteiger partial charge in [0.1, 0.15) is 5.78 Å². The smallest absolute Gasteiger partial charge is 0.129 e. The summed E-state index contributed by atoms with van der Waals surface area (Å²) >= 11 is 1.94. The van der Waals surface area contributed by atoms with Crippen LogP contribution in [-0.2, 0) is 4.79 Å². The summed E-state index contributed by atoms with van der Waals surface area (Å²) in [5, 5.41) is 1.30. The molecule has 2 heteroatoms. The Bertz CT molecular complexity index is 121. The third kappa shape index (κ3) is 7.92. The Kier molecular flexibility index (Phi) is 5.65. The molecular formula is C9H18OS. The second kappa shape index (κ2) is 5.64. The van der Waals surface area contributed by atoms with Crippen molar-refractivity contribution >= 4 is 17.5 Å². The van der Waals surface area contributed by atoms with Crippen LogP contribution in [0.3, 0.4) is 0 Å². The zero-order valence-electron chi connectivity index (χ0n) is 7.89. The molecule has 0 spiro atoms. The van der Waals surface area contributed by atoms with Crippen molar-refractivity contribution in [3.63, 3.8) is 0 Å². The Morgan fingerprint density at radius 2 is 1.91 bits per heavy atom. The summed E-state index contributed by atoms with van der Waals surface area (Å²) in [5.41, 5.74) is 0. The fourth-order valence-corrected chi connectivity index (χ4v) is 2.12. The molecule has 11 heavy (non-hydrogen) atoms. The van der Waals surface area contributed by atoms with Crippen LogP contribution in [0.2, 0.25) is 0 Å². The maximum Gasteiger partial charge on any atom is 0.129 e. The highest BCUT2D eigenvalue weighted by Crippen LogP contribution is 2.20. The summed E-state index contributed by atoms with van der Waals surface area (Å²) in [4.78, 5) is 10.6. The Labute approximate surface area is 73.9 Å². The zero-order valence-corrected chi connectivity index (χ0v) is 8.70. The first-order valence-corrected chi connectivity index (χ1v) is 5.11. The van der Waals surface area contributed by atoms with E-state index in [1.807, 2.05) is 11.8 Å². The second-order valence-corrected chi connectivity index (χ2v) is 5.26. The van der Waals surface area contributed by atoms with E-state index in [-0.39, 0.29) is 0 Å². The summed E-state index contributed by atoms with van der Waals surface area (Å²) in [6.07, 6.45) is 1.76. The third-order valence-corrected chi connectivity index (χ3v) is 2.65. The number of carbonyl (C=O) groups excluding carboxylic acids is 1. The van der Waals surface area contributed by atoms with Crippen LogP contribution in [0.25, 0.3) is 0 Å². The number of thioether (sulfide) groups is 1. The van der Waals surface area contributed by atoms with Crippen molar-refractivity contribution in [2.45, 2.75) is 51.0 Å². The highest BCUT2D eigenvalue weighted by Gasteiger charge is 2.05. The topological polar surface area (TPSA) is 17.1 Å². The first-order valence-electron chi connectivity index (χ1n) is 4.17. The molecule has 0 saturated heterocycles. The van der Waals surface area contributed by atoms with E-state index in [4.69, 9.17) is 0 Å². The molecule has 0 aliphatic rings. The van der Waals surface area contributed by atoms with Crippen molar-refractivity contribution < 1.29 is 4.79 Å². The van der Waals surface area contributed by atoms with Gasteiger partial charge in [-0.2, -0.15) is 11.8 Å². The van der Waals surface area contributed by atoms with Crippen LogP contribution < -0.4 is 0 Å². The first kappa shape index (κ1) is 11.0. The van der Waals surface area contributed by atoms with Crippen LogP contribution in [0, 0.1) is 0 Å². The number of rotatable bonds is 5. The first-order chi connectivity index (χ1) is 5.02. The van der Waals surface area contributed by atoms with Gasteiger partial charge in [-0.3, -0.25) is 0 Å². The molecular weight excluding hydrogens is 156 g/mol. The van der Waals surface area contributed by atoms with Crippen LogP contribution >= 0.6 is 11.8 Å². The predicted molar refractivity (Wildman–Crippen MR) is 52.1 cm³/mol. The van der Waals surface area contributed by atoms with Crippen LogP contribution in [0.5, 0.6) is 0 Å². The summed E-state index contributed by atoms with van der Waals surface area (Å²) in [6, 6.07) is 0. The van der Waals surface area contributed by atoms with E-state index in [1.165, 1.54) is 0 Å². The van der Waals surface area contributed by atoms with E-state index < -0.39 is 0 Å². The minimum Gasteiger partial charge on any atom is -0.300 e. The van der Waals surface area contributed by atoms with Crippen molar-refractivity contribution in [1.82, 2.24) is 0 Å². The molecule has 66 valence electrons. The zero-order chi connectivity index (χ0) is 8.85. The molecule has 0 radical (unpaired) electrons. The summed E-state index contributed by atoms with van der Waals surface area (Å²) < 4.78 is 0. The highest BCUT2D eigenvalue weighted by atomic mass is 32.2. The predicted octanol–water partition coefficient (Wildman–Crippen LogP) is 2.89. The average molecular weight is 174 g/mol. The van der Waals surface area contributed by atoms with Crippen LogP contribution in [0.15, 0.2) is 0 Å². The molecule has 0 heterocycles. The summed E-state index contributed by atoms with van der Waals surface area (Å²) in [5.74, 6) is 0.307. The van der Waals surface area contributed by atoms with E-state index in [9.17, 15) is 4.79 Å². The number of Topliss-reactive ketones (excluding diaryl/α,β-unsaturated/α-hetero) is 1. The van der Waals surface area contributed by atoms with Gasteiger partial charge in [0.2, 0.25) is 0 Å². The lowest BCUT2D eigenvalue weighted by Crippen LogP contribution is -2.03. The van der Waals surface area contributed by atoms with Gasteiger partial charge in [-0.05, 0) is 18.6 Å². The monoisotopic (exact) mass is 174 g/mol. The Hall–Kier alpha value is 0.0200. The quantitative estimate of drug-likeness (QED) is 0.637. The standard InChI is InChI=1S/C9H18OS/c1-7(2)11-9(4)6-5-8(3)10/h7,9H,5-6H2,1-4H3. The summed E-state index contributed by atoms with van der Waals surface area (Å²) in [7, 11) is 0. The fourth-order valence-electron chi connectivity index (χ4n) is 0.939. The van der Waals surface area contributed by atoms with E-state index in [0.29, 0.717) is 16.3 Å². The normalized spacial score (nSPS) is 13.5. The van der Waals surface area contributed by atoms with E-state index in [1.54, 1.807) is 6.92 Å². The molecule has 0 aliphatic carbocycles. The van der Waals surface area contributed by atoms with Crippen molar-refractivity contribution in [2.24, 2.45) is 0 Å². The summed E-state index contributed by atoms with van der Waals surface area (Å²) in [6.45, 7) is 8.23. The van der Waals surface area contributed by atoms with Crippen molar-refractivity contribution in [3.8, 4) is 0 Å². The maximum atomic E-state index is 10.6. The van der Waals surface area contributed by atoms with E-state index >= 15 is 0 Å². The van der Waals surface area contributed by atoms with Gasteiger partial charge in [0.25, 0.3) is 0 Å². The molecule has 0 aromatic carbocycles. The number of hydrogen-bond donors (Lipinski definition) is 0. The van der Waals surface area contributed by atoms with E-state index in [2.05, 4.69) is 20.8 Å². The van der Waals surface area contributed by atoms with Gasteiger partial charge in [0.15, 0.2) is 0 Å². The van der Waals surface area contributed by atoms with E-state index in [0.717, 1.165) is 12.8 Å². The fraction of sp³-hybridized carbons (Fsp3) is 0.889. The van der Waals surface area contributed by atoms with Crippen LogP contribution in [0.1, 0.15) is 40.5 Å². The molecule has 0 aromatic heterocycles. The van der Waals surface area contributed by atoms with Crippen molar-refractivity contribution in [3.05, 3.63) is 0 Å². The molecule has 0 saturated carbocycles. The van der Waals surface area contributed by atoms with Gasteiger partial charge >= 0.3 is 0 Å². The molecule has 1 nitrogen and oxygen atoms in total. The van der Waals surface area contributed by atoms with Gasteiger partial charge in [-0.15, -0.1) is 0 Å². The number of ketones is 1. The maximum absolute atomic E-state index is 10.6. The average Bonchev–Trinajstić information content (AvgIpc) is 1.82. The minimum atomic E-state index is 0.307. The lowest BCUT2D eigenvalue weighted by molar-refractivity contribution is -0.117. The van der Waals surface area contributed by atoms with Gasteiger partial charge in [0, 0.05) is 11.7 Å². The molecule has 0 amide bonds. The Morgan fingerprint density at radius 1 is 1.36 bits per heavy atom. The minimum absolute atomic E-state index is 0.307. The van der Waals surface area contributed by atoms with Gasteiger partial charge < -0.3 is 4.79 Å². The Balaban J connectivity index is 3.37. The molecule has 0 aliphatic heterocycles. The van der Waals surface area contributed by atoms with Gasteiger partial charge in [-0.25, -0.2) is 0 Å². The van der Waals surface area contributed by atoms with Crippen LogP contribution in [-0.4, -0.2) is 16.3 Å². The van der Waals surface area contributed by atoms with Crippen molar-refractivity contribution in [2.75, 3.05) is 0 Å². The lowest BCUT2D eigenvalue weighted by Gasteiger charge is -2.12. The molecule has 1 atom stereocenters. The van der Waals surface area contributed by atoms with Crippen LogP contribution in [0.4, 0.5) is 0 Å². The molecule has 0 aromatic rings. The molecule has 1 unspecified atom stereocenters. The van der Waals surface area contributed by atoms with Gasteiger partial charge in [0.05, 0.1) is 0 Å². The molecule has 0 N–H and O–H groups in total. The largest absolute Gasteiger partial charge is 0.300 e.